The average Bonchev–Trinajstić information content (AvgIpc) is 2.15. The second kappa shape index (κ2) is 9.72. The minimum absolute atomic E-state index is 0. The van der Waals surface area contributed by atoms with Gasteiger partial charge >= 0.3 is 6.03 Å². The summed E-state index contributed by atoms with van der Waals surface area (Å²) >= 11 is 0. The number of nitrogens with two attached hydrogens (primary N) is 1. The molecule has 0 aliphatic rings. The molecule has 7 heteroatoms. The first-order valence-corrected chi connectivity index (χ1v) is 4.15. The fourth-order valence-corrected chi connectivity index (χ4v) is 0.680. The first-order chi connectivity index (χ1) is 7.02. The van der Waals surface area contributed by atoms with Crippen molar-refractivity contribution in [3.8, 4) is 0 Å². The van der Waals surface area contributed by atoms with Gasteiger partial charge in [0, 0.05) is 13.1 Å². The monoisotopic (exact) mass is 247 g/mol. The summed E-state index contributed by atoms with van der Waals surface area (Å²) in [6.45, 7) is 1.47. The van der Waals surface area contributed by atoms with Crippen molar-refractivity contribution < 1.29 is 14.7 Å². The van der Waals surface area contributed by atoms with Crippen LogP contribution in [-0.4, -0.2) is 22.1 Å². The molecule has 0 fully saturated rings. The van der Waals surface area contributed by atoms with E-state index < -0.39 is 12.0 Å². The predicted octanol–water partition coefficient (Wildman–Crippen LogP) is 0.763. The molecule has 0 atom stereocenters. The largest absolute Gasteiger partial charge is 0.481 e. The Hall–Kier alpha value is -1.82. The van der Waals surface area contributed by atoms with Crippen LogP contribution in [0.15, 0.2) is 24.4 Å². The van der Waals surface area contributed by atoms with E-state index in [1.54, 1.807) is 6.20 Å². The summed E-state index contributed by atoms with van der Waals surface area (Å²) < 4.78 is 0. The van der Waals surface area contributed by atoms with E-state index in [-0.39, 0.29) is 12.4 Å². The molecule has 1 rings (SSSR count). The van der Waals surface area contributed by atoms with Gasteiger partial charge < -0.3 is 16.2 Å². The maximum absolute atomic E-state index is 10.3. The third-order valence-corrected chi connectivity index (χ3v) is 1.17. The standard InChI is InChI=1S/C7H9N3O.C2H4O2.ClH/c8-7(11)10-5-6-3-1-2-4-9-6;1-2(3)4;/h1-4H,5H2,(H3,8,10,11);1H3,(H,3,4);1H. The lowest BCUT2D eigenvalue weighted by Gasteiger charge is -1.98. The molecule has 0 aliphatic heterocycles. The molecule has 0 aromatic carbocycles. The Labute approximate surface area is 99.3 Å². The van der Waals surface area contributed by atoms with Crippen LogP contribution in [-0.2, 0) is 11.3 Å². The molecule has 0 spiro atoms. The zero-order chi connectivity index (χ0) is 11.7. The van der Waals surface area contributed by atoms with Gasteiger partial charge in [0.2, 0.25) is 0 Å². The Morgan fingerprint density at radius 2 is 2.06 bits per heavy atom. The first kappa shape index (κ1) is 16.6. The topological polar surface area (TPSA) is 105 Å². The third kappa shape index (κ3) is 12.2. The number of nitrogens with zero attached hydrogens (tertiary/aromatic N) is 1. The molecule has 1 heterocycles. The lowest BCUT2D eigenvalue weighted by Crippen LogP contribution is -2.28. The van der Waals surface area contributed by atoms with E-state index in [9.17, 15) is 4.79 Å². The van der Waals surface area contributed by atoms with Gasteiger partial charge in [-0.15, -0.1) is 12.4 Å². The molecule has 0 aliphatic carbocycles. The highest BCUT2D eigenvalue weighted by Gasteiger charge is 1.92. The predicted molar refractivity (Wildman–Crippen MR) is 61.2 cm³/mol. The summed E-state index contributed by atoms with van der Waals surface area (Å²) in [5.74, 6) is -0.833. The molecular weight excluding hydrogens is 234 g/mol. The number of rotatable bonds is 2. The average molecular weight is 248 g/mol. The number of primary amides is 1. The van der Waals surface area contributed by atoms with Gasteiger partial charge in [-0.25, -0.2) is 4.79 Å². The highest BCUT2D eigenvalue weighted by Crippen LogP contribution is 1.90. The first-order valence-electron chi connectivity index (χ1n) is 4.15. The number of hydrogen-bond acceptors (Lipinski definition) is 3. The molecule has 0 saturated carbocycles. The summed E-state index contributed by atoms with van der Waals surface area (Å²) in [6.07, 6.45) is 1.66. The number of aromatic nitrogens is 1. The molecule has 6 nitrogen and oxygen atoms in total. The third-order valence-electron chi connectivity index (χ3n) is 1.17. The Morgan fingerprint density at radius 1 is 1.50 bits per heavy atom. The highest BCUT2D eigenvalue weighted by molar-refractivity contribution is 5.85. The summed E-state index contributed by atoms with van der Waals surface area (Å²) in [7, 11) is 0. The van der Waals surface area contributed by atoms with Crippen LogP contribution in [0.2, 0.25) is 0 Å². The molecule has 16 heavy (non-hydrogen) atoms. The Bertz CT molecular complexity index is 315. The number of aliphatic carboxylic acids is 1. The van der Waals surface area contributed by atoms with Crippen molar-refractivity contribution in [2.75, 3.05) is 0 Å². The summed E-state index contributed by atoms with van der Waals surface area (Å²) in [5.41, 5.74) is 5.66. The van der Waals surface area contributed by atoms with Gasteiger partial charge in [0.25, 0.3) is 5.97 Å². The van der Waals surface area contributed by atoms with Crippen LogP contribution >= 0.6 is 12.4 Å². The van der Waals surface area contributed by atoms with E-state index in [1.165, 1.54) is 0 Å². The highest BCUT2D eigenvalue weighted by atomic mass is 35.5. The molecular formula is C9H14ClN3O3. The van der Waals surface area contributed by atoms with Gasteiger partial charge in [-0.05, 0) is 12.1 Å². The van der Waals surface area contributed by atoms with Gasteiger partial charge in [-0.2, -0.15) is 0 Å². The van der Waals surface area contributed by atoms with Crippen molar-refractivity contribution in [3.63, 3.8) is 0 Å². The number of carbonyl (C=O) groups excluding carboxylic acids is 1. The van der Waals surface area contributed by atoms with E-state index in [0.29, 0.717) is 6.54 Å². The van der Waals surface area contributed by atoms with Crippen molar-refractivity contribution in [2.45, 2.75) is 13.5 Å². The lowest BCUT2D eigenvalue weighted by atomic mass is 10.3. The number of amides is 2. The summed E-state index contributed by atoms with van der Waals surface area (Å²) in [5, 5.41) is 9.85. The van der Waals surface area contributed by atoms with Crippen molar-refractivity contribution in [1.29, 1.82) is 0 Å². The number of urea groups is 1. The second-order valence-electron chi connectivity index (χ2n) is 2.56. The normalized spacial score (nSPS) is 7.81. The molecule has 0 bridgehead atoms. The number of carboxylic acids is 1. The molecule has 2 amide bonds. The number of pyridine rings is 1. The quantitative estimate of drug-likeness (QED) is 0.717. The van der Waals surface area contributed by atoms with E-state index >= 15 is 0 Å². The molecule has 0 saturated heterocycles. The van der Waals surface area contributed by atoms with Crippen LogP contribution in [0.5, 0.6) is 0 Å². The van der Waals surface area contributed by atoms with Gasteiger partial charge in [0.05, 0.1) is 12.2 Å². The van der Waals surface area contributed by atoms with E-state index in [0.717, 1.165) is 12.6 Å². The van der Waals surface area contributed by atoms with Crippen LogP contribution in [0.4, 0.5) is 4.79 Å². The van der Waals surface area contributed by atoms with Crippen LogP contribution < -0.4 is 11.1 Å². The van der Waals surface area contributed by atoms with E-state index in [4.69, 9.17) is 15.6 Å². The van der Waals surface area contributed by atoms with Gasteiger partial charge in [-0.3, -0.25) is 9.78 Å². The summed E-state index contributed by atoms with van der Waals surface area (Å²) in [6, 6.07) is 4.95. The molecule has 1 aromatic rings. The molecule has 1 aromatic heterocycles. The Balaban J connectivity index is 0. The van der Waals surface area contributed by atoms with Crippen LogP contribution in [0.3, 0.4) is 0 Å². The fourth-order valence-electron chi connectivity index (χ4n) is 0.680. The number of carboxylic acid groups (broad SMARTS) is 1. The lowest BCUT2D eigenvalue weighted by molar-refractivity contribution is -0.134. The van der Waals surface area contributed by atoms with E-state index in [1.807, 2.05) is 18.2 Å². The van der Waals surface area contributed by atoms with Crippen molar-refractivity contribution >= 4 is 24.4 Å². The number of halogens is 1. The number of carbonyl (C=O) groups is 2. The fraction of sp³-hybridized carbons (Fsp3) is 0.222. The smallest absolute Gasteiger partial charge is 0.312 e. The number of hydrogen-bond donors (Lipinski definition) is 3. The minimum atomic E-state index is -0.833. The van der Waals surface area contributed by atoms with Crippen LogP contribution in [0.1, 0.15) is 12.6 Å². The van der Waals surface area contributed by atoms with Gasteiger partial charge in [0.15, 0.2) is 0 Å². The van der Waals surface area contributed by atoms with Gasteiger partial charge in [0.1, 0.15) is 0 Å². The zero-order valence-corrected chi connectivity index (χ0v) is 9.53. The molecule has 4 N–H and O–H groups in total. The van der Waals surface area contributed by atoms with E-state index in [2.05, 4.69) is 10.3 Å². The van der Waals surface area contributed by atoms with Crippen LogP contribution in [0, 0.1) is 0 Å². The summed E-state index contributed by atoms with van der Waals surface area (Å²) in [4.78, 5) is 23.2. The minimum Gasteiger partial charge on any atom is -0.481 e. The Kier molecular flexibility index (Phi) is 10.1. The van der Waals surface area contributed by atoms with Crippen molar-refractivity contribution in [1.82, 2.24) is 10.3 Å². The Morgan fingerprint density at radius 3 is 2.44 bits per heavy atom. The zero-order valence-electron chi connectivity index (χ0n) is 8.71. The second-order valence-corrected chi connectivity index (χ2v) is 2.56. The van der Waals surface area contributed by atoms with Crippen LogP contribution in [0.25, 0.3) is 0 Å². The van der Waals surface area contributed by atoms with Gasteiger partial charge in [-0.1, -0.05) is 6.07 Å². The molecule has 90 valence electrons. The van der Waals surface area contributed by atoms with Crippen molar-refractivity contribution in [3.05, 3.63) is 30.1 Å². The molecule has 0 radical (unpaired) electrons. The maximum Gasteiger partial charge on any atom is 0.312 e. The molecule has 0 unspecified atom stereocenters. The van der Waals surface area contributed by atoms with Crippen molar-refractivity contribution in [2.24, 2.45) is 5.73 Å². The number of nitrogens with one attached hydrogen (secondary N) is 1. The maximum atomic E-state index is 10.3. The SMILES string of the molecule is CC(=O)O.Cl.NC(=O)NCc1ccccn1.